The van der Waals surface area contributed by atoms with Gasteiger partial charge in [0.25, 0.3) is 11.8 Å². The van der Waals surface area contributed by atoms with E-state index in [-0.39, 0.29) is 11.8 Å². The van der Waals surface area contributed by atoms with Gasteiger partial charge in [-0.2, -0.15) is 5.10 Å². The molecule has 1 fully saturated rings. The SMILES string of the molecule is O=C(Nc1ccc2c(-c3ccn4ncc(C(=O)N5CCCCC5)c4c3)c[nH]c2n1)c1ccncc1. The number of hydrogen-bond acceptors (Lipinski definition) is 5. The van der Waals surface area contributed by atoms with Crippen molar-refractivity contribution in [2.75, 3.05) is 18.4 Å². The zero-order valence-corrected chi connectivity index (χ0v) is 18.9. The minimum absolute atomic E-state index is 0.0343. The van der Waals surface area contributed by atoms with E-state index in [1.807, 2.05) is 35.5 Å². The summed E-state index contributed by atoms with van der Waals surface area (Å²) in [6, 6.07) is 11.0. The van der Waals surface area contributed by atoms with E-state index in [0.29, 0.717) is 22.6 Å². The maximum atomic E-state index is 13.1. The average molecular weight is 466 g/mol. The van der Waals surface area contributed by atoms with Gasteiger partial charge in [-0.05, 0) is 61.2 Å². The fourth-order valence-electron chi connectivity index (χ4n) is 4.59. The Morgan fingerprint density at radius 2 is 1.83 bits per heavy atom. The number of pyridine rings is 3. The highest BCUT2D eigenvalue weighted by Gasteiger charge is 2.22. The zero-order valence-electron chi connectivity index (χ0n) is 18.9. The number of likely N-dealkylation sites (tertiary alicyclic amines) is 1. The first-order valence-corrected chi connectivity index (χ1v) is 11.6. The van der Waals surface area contributed by atoms with Gasteiger partial charge in [-0.15, -0.1) is 0 Å². The van der Waals surface area contributed by atoms with E-state index in [1.165, 1.54) is 6.42 Å². The van der Waals surface area contributed by atoms with Crippen molar-refractivity contribution in [3.05, 3.63) is 78.5 Å². The van der Waals surface area contributed by atoms with E-state index in [1.54, 1.807) is 41.3 Å². The Kier molecular flexibility index (Phi) is 5.21. The Morgan fingerprint density at radius 1 is 1.00 bits per heavy atom. The standard InChI is InChI=1S/C26H23N7O2/c34-25(17-6-9-27-10-7-17)31-23-5-4-19-20(15-28-24(19)30-23)18-8-13-33-22(14-18)21(16-29-33)26(35)32-11-2-1-3-12-32/h4-10,13-16H,1-3,11-12H2,(H2,28,30,31,34). The van der Waals surface area contributed by atoms with Crippen LogP contribution in [0, 0.1) is 0 Å². The van der Waals surface area contributed by atoms with Crippen LogP contribution >= 0.6 is 0 Å². The average Bonchev–Trinajstić information content (AvgIpc) is 3.53. The number of aromatic amines is 1. The van der Waals surface area contributed by atoms with Gasteiger partial charge < -0.3 is 15.2 Å². The first kappa shape index (κ1) is 21.0. The maximum Gasteiger partial charge on any atom is 0.257 e. The summed E-state index contributed by atoms with van der Waals surface area (Å²) >= 11 is 0. The minimum atomic E-state index is -0.247. The normalized spacial score (nSPS) is 13.9. The van der Waals surface area contributed by atoms with E-state index in [9.17, 15) is 9.59 Å². The molecule has 0 aromatic carbocycles. The number of amides is 2. The number of piperidine rings is 1. The predicted molar refractivity (Wildman–Crippen MR) is 132 cm³/mol. The molecular formula is C26H23N7O2. The Labute approximate surface area is 200 Å². The van der Waals surface area contributed by atoms with Crippen LogP contribution in [0.1, 0.15) is 40.0 Å². The zero-order chi connectivity index (χ0) is 23.8. The molecule has 5 aromatic heterocycles. The highest BCUT2D eigenvalue weighted by atomic mass is 16.2. The van der Waals surface area contributed by atoms with Gasteiger partial charge in [-0.1, -0.05) is 0 Å². The number of rotatable bonds is 4. The number of aromatic nitrogens is 5. The molecule has 0 unspecified atom stereocenters. The van der Waals surface area contributed by atoms with E-state index < -0.39 is 0 Å². The van der Waals surface area contributed by atoms with Crippen LogP contribution in [0.15, 0.2) is 67.4 Å². The highest BCUT2D eigenvalue weighted by molar-refractivity contribution is 6.05. The second-order valence-corrected chi connectivity index (χ2v) is 8.64. The molecule has 6 heterocycles. The molecule has 0 saturated carbocycles. The third-order valence-corrected chi connectivity index (χ3v) is 6.43. The van der Waals surface area contributed by atoms with Gasteiger partial charge in [0.1, 0.15) is 11.5 Å². The second-order valence-electron chi connectivity index (χ2n) is 8.64. The van der Waals surface area contributed by atoms with Crippen molar-refractivity contribution in [3.8, 4) is 11.1 Å². The number of carbonyl (C=O) groups excluding carboxylic acids is 2. The number of fused-ring (bicyclic) bond motifs is 2. The largest absolute Gasteiger partial charge is 0.345 e. The molecule has 2 N–H and O–H groups in total. The molecule has 6 rings (SSSR count). The Morgan fingerprint density at radius 3 is 2.66 bits per heavy atom. The summed E-state index contributed by atoms with van der Waals surface area (Å²) in [7, 11) is 0. The summed E-state index contributed by atoms with van der Waals surface area (Å²) in [5, 5.41) is 8.12. The maximum absolute atomic E-state index is 13.1. The Bertz CT molecular complexity index is 1550. The molecule has 9 heteroatoms. The van der Waals surface area contributed by atoms with Gasteiger partial charge in [-0.3, -0.25) is 14.6 Å². The van der Waals surface area contributed by atoms with E-state index in [0.717, 1.165) is 48.0 Å². The van der Waals surface area contributed by atoms with Crippen LogP contribution < -0.4 is 5.32 Å². The fraction of sp³-hybridized carbons (Fsp3) is 0.192. The summed E-state index contributed by atoms with van der Waals surface area (Å²) in [5.74, 6) is 0.239. The molecule has 174 valence electrons. The van der Waals surface area contributed by atoms with Crippen molar-refractivity contribution >= 4 is 34.2 Å². The summed E-state index contributed by atoms with van der Waals surface area (Å²) in [5.41, 5.74) is 4.48. The molecule has 5 aromatic rings. The topological polar surface area (TPSA) is 108 Å². The summed E-state index contributed by atoms with van der Waals surface area (Å²) < 4.78 is 1.74. The van der Waals surface area contributed by atoms with Gasteiger partial charge in [0.15, 0.2) is 0 Å². The second kappa shape index (κ2) is 8.68. The molecule has 1 aliphatic rings. The molecule has 0 spiro atoms. The van der Waals surface area contributed by atoms with Crippen LogP contribution in [0.2, 0.25) is 0 Å². The Balaban J connectivity index is 1.30. The molecule has 0 radical (unpaired) electrons. The van der Waals surface area contributed by atoms with Gasteiger partial charge in [0.05, 0.1) is 17.3 Å². The van der Waals surface area contributed by atoms with E-state index in [4.69, 9.17) is 0 Å². The minimum Gasteiger partial charge on any atom is -0.345 e. The molecule has 0 atom stereocenters. The lowest BCUT2D eigenvalue weighted by Crippen LogP contribution is -2.35. The third-order valence-electron chi connectivity index (χ3n) is 6.43. The smallest absolute Gasteiger partial charge is 0.257 e. The monoisotopic (exact) mass is 465 g/mol. The van der Waals surface area contributed by atoms with Crippen LogP contribution in [-0.2, 0) is 0 Å². The molecule has 1 aliphatic heterocycles. The number of nitrogens with zero attached hydrogens (tertiary/aromatic N) is 5. The molecule has 0 bridgehead atoms. The lowest BCUT2D eigenvalue weighted by Gasteiger charge is -2.26. The van der Waals surface area contributed by atoms with Crippen molar-refractivity contribution in [2.24, 2.45) is 0 Å². The number of hydrogen-bond donors (Lipinski definition) is 2. The molecule has 9 nitrogen and oxygen atoms in total. The third kappa shape index (κ3) is 3.90. The van der Waals surface area contributed by atoms with Crippen molar-refractivity contribution in [2.45, 2.75) is 19.3 Å². The lowest BCUT2D eigenvalue weighted by atomic mass is 10.1. The van der Waals surface area contributed by atoms with Crippen LogP contribution in [0.25, 0.3) is 27.7 Å². The molecule has 2 amide bonds. The lowest BCUT2D eigenvalue weighted by molar-refractivity contribution is 0.0726. The predicted octanol–water partition coefficient (Wildman–Crippen LogP) is 4.15. The van der Waals surface area contributed by atoms with Crippen LogP contribution in [0.5, 0.6) is 0 Å². The van der Waals surface area contributed by atoms with Gasteiger partial charge in [-0.25, -0.2) is 9.50 Å². The molecule has 0 aliphatic carbocycles. The highest BCUT2D eigenvalue weighted by Crippen LogP contribution is 2.30. The molecular weight excluding hydrogens is 442 g/mol. The number of nitrogens with one attached hydrogen (secondary N) is 2. The number of anilines is 1. The number of carbonyl (C=O) groups is 2. The first-order chi connectivity index (χ1) is 17.2. The summed E-state index contributed by atoms with van der Waals surface area (Å²) in [6.07, 6.45) is 11.8. The van der Waals surface area contributed by atoms with Crippen molar-refractivity contribution in [1.82, 2.24) is 29.5 Å². The summed E-state index contributed by atoms with van der Waals surface area (Å²) in [4.78, 5) is 39.2. The number of H-pyrrole nitrogens is 1. The van der Waals surface area contributed by atoms with Gasteiger partial charge in [0, 0.05) is 54.4 Å². The van der Waals surface area contributed by atoms with E-state index in [2.05, 4.69) is 25.4 Å². The molecule has 1 saturated heterocycles. The summed E-state index contributed by atoms with van der Waals surface area (Å²) in [6.45, 7) is 1.59. The van der Waals surface area contributed by atoms with Crippen molar-refractivity contribution in [1.29, 1.82) is 0 Å². The first-order valence-electron chi connectivity index (χ1n) is 11.6. The van der Waals surface area contributed by atoms with Crippen molar-refractivity contribution < 1.29 is 9.59 Å². The van der Waals surface area contributed by atoms with Crippen LogP contribution in [-0.4, -0.2) is 54.4 Å². The Hall–Kier alpha value is -4.53. The van der Waals surface area contributed by atoms with Crippen LogP contribution in [0.3, 0.4) is 0 Å². The van der Waals surface area contributed by atoms with Crippen molar-refractivity contribution in [3.63, 3.8) is 0 Å². The van der Waals surface area contributed by atoms with Gasteiger partial charge >= 0.3 is 0 Å². The quantitative estimate of drug-likeness (QED) is 0.415. The van der Waals surface area contributed by atoms with E-state index >= 15 is 0 Å². The fourth-order valence-corrected chi connectivity index (χ4v) is 4.59. The van der Waals surface area contributed by atoms with Crippen LogP contribution in [0.4, 0.5) is 5.82 Å². The van der Waals surface area contributed by atoms with Gasteiger partial charge in [0.2, 0.25) is 0 Å². The molecule has 35 heavy (non-hydrogen) atoms.